The van der Waals surface area contributed by atoms with Gasteiger partial charge in [0.25, 0.3) is 0 Å². The average Bonchev–Trinajstić information content (AvgIpc) is 2.55. The van der Waals surface area contributed by atoms with Crippen LogP contribution in [0.1, 0.15) is 19.8 Å². The molecule has 0 unspecified atom stereocenters. The van der Waals surface area contributed by atoms with E-state index < -0.39 is 4.92 Å². The number of nitro groups is 1. The van der Waals surface area contributed by atoms with Crippen LogP contribution < -0.4 is 5.32 Å². The van der Waals surface area contributed by atoms with Crippen molar-refractivity contribution in [2.24, 2.45) is 0 Å². The largest absolute Gasteiger partial charge is 0.376 e. The predicted molar refractivity (Wildman–Crippen MR) is 95.0 cm³/mol. The number of likely N-dealkylation sites (tertiary alicyclic amines) is 1. The van der Waals surface area contributed by atoms with E-state index >= 15 is 0 Å². The van der Waals surface area contributed by atoms with Gasteiger partial charge < -0.3 is 10.2 Å². The Morgan fingerprint density at radius 1 is 1.42 bits per heavy atom. The third kappa shape index (κ3) is 3.33. The van der Waals surface area contributed by atoms with Gasteiger partial charge >= 0.3 is 5.69 Å². The first-order valence-corrected chi connectivity index (χ1v) is 8.49. The molecule has 2 heterocycles. The molecule has 8 heteroatoms. The number of halogens is 1. The van der Waals surface area contributed by atoms with Gasteiger partial charge in [0.1, 0.15) is 11.9 Å². The number of rotatable bonds is 3. The summed E-state index contributed by atoms with van der Waals surface area (Å²) >= 11 is 3.41. The lowest BCUT2D eigenvalue weighted by Crippen LogP contribution is -2.41. The van der Waals surface area contributed by atoms with E-state index in [2.05, 4.69) is 26.2 Å². The van der Waals surface area contributed by atoms with E-state index in [4.69, 9.17) is 0 Å². The molecule has 24 heavy (non-hydrogen) atoms. The van der Waals surface area contributed by atoms with Crippen LogP contribution >= 0.6 is 15.9 Å². The van der Waals surface area contributed by atoms with Gasteiger partial charge in [-0.3, -0.25) is 14.9 Å². The Morgan fingerprint density at radius 3 is 2.75 bits per heavy atom. The van der Waals surface area contributed by atoms with Crippen molar-refractivity contribution in [3.63, 3.8) is 0 Å². The standard InChI is InChI=1S/C16H17BrN4O3/c1-10(22)20-6-4-12(5-7-20)19-16-13-8-11(17)2-3-14(13)18-9-15(16)21(23)24/h2-3,8-9,12H,4-7H2,1H3,(H,18,19). The number of aromatic nitrogens is 1. The lowest BCUT2D eigenvalue weighted by atomic mass is 10.0. The number of piperidine rings is 1. The quantitative estimate of drug-likeness (QED) is 0.639. The third-order valence-corrected chi connectivity index (χ3v) is 4.79. The van der Waals surface area contributed by atoms with E-state index in [1.807, 2.05) is 18.2 Å². The molecule has 1 aromatic heterocycles. The minimum atomic E-state index is -0.416. The van der Waals surface area contributed by atoms with Gasteiger partial charge in [0.15, 0.2) is 0 Å². The summed E-state index contributed by atoms with van der Waals surface area (Å²) in [6, 6.07) is 5.61. The molecule has 126 valence electrons. The van der Waals surface area contributed by atoms with E-state index in [-0.39, 0.29) is 17.6 Å². The highest BCUT2D eigenvalue weighted by Crippen LogP contribution is 2.34. The van der Waals surface area contributed by atoms with Gasteiger partial charge in [0.05, 0.1) is 10.4 Å². The monoisotopic (exact) mass is 392 g/mol. The van der Waals surface area contributed by atoms with E-state index in [1.165, 1.54) is 6.20 Å². The maximum atomic E-state index is 11.4. The molecule has 1 fully saturated rings. The number of anilines is 1. The Labute approximate surface area is 147 Å². The highest BCUT2D eigenvalue weighted by atomic mass is 79.9. The fourth-order valence-electron chi connectivity index (χ4n) is 2.99. The minimum Gasteiger partial charge on any atom is -0.376 e. The first-order valence-electron chi connectivity index (χ1n) is 7.70. The zero-order valence-electron chi connectivity index (χ0n) is 13.2. The molecule has 0 spiro atoms. The zero-order valence-corrected chi connectivity index (χ0v) is 14.7. The molecule has 1 aromatic carbocycles. The van der Waals surface area contributed by atoms with Crippen LogP contribution in [0.3, 0.4) is 0 Å². The first-order chi connectivity index (χ1) is 11.5. The molecule has 1 N–H and O–H groups in total. The number of amides is 1. The van der Waals surface area contributed by atoms with E-state index in [1.54, 1.807) is 11.8 Å². The van der Waals surface area contributed by atoms with Crippen molar-refractivity contribution in [1.29, 1.82) is 0 Å². The van der Waals surface area contributed by atoms with Gasteiger partial charge in [-0.1, -0.05) is 15.9 Å². The normalized spacial score (nSPS) is 15.5. The van der Waals surface area contributed by atoms with Crippen LogP contribution in [-0.4, -0.2) is 39.8 Å². The van der Waals surface area contributed by atoms with Crippen molar-refractivity contribution >= 4 is 44.1 Å². The highest BCUT2D eigenvalue weighted by Gasteiger charge is 2.25. The molecule has 3 rings (SSSR count). The molecule has 1 saturated heterocycles. The van der Waals surface area contributed by atoms with Crippen LogP contribution in [-0.2, 0) is 4.79 Å². The topological polar surface area (TPSA) is 88.4 Å². The number of carbonyl (C=O) groups excluding carboxylic acids is 1. The van der Waals surface area contributed by atoms with Gasteiger partial charge in [-0.05, 0) is 31.0 Å². The van der Waals surface area contributed by atoms with Crippen LogP contribution in [0.25, 0.3) is 10.9 Å². The Balaban J connectivity index is 1.93. The Bertz CT molecular complexity index is 803. The summed E-state index contributed by atoms with van der Waals surface area (Å²) in [7, 11) is 0. The number of hydrogen-bond donors (Lipinski definition) is 1. The van der Waals surface area contributed by atoms with Crippen LogP contribution in [0.5, 0.6) is 0 Å². The predicted octanol–water partition coefficient (Wildman–Crippen LogP) is 3.33. The summed E-state index contributed by atoms with van der Waals surface area (Å²) in [5, 5.41) is 15.4. The molecule has 0 saturated carbocycles. The first kappa shape index (κ1) is 16.6. The molecule has 0 bridgehead atoms. The number of pyridine rings is 1. The summed E-state index contributed by atoms with van der Waals surface area (Å²) in [4.78, 5) is 28.4. The molecule has 1 amide bonds. The summed E-state index contributed by atoms with van der Waals surface area (Å²) in [6.07, 6.45) is 2.81. The second kappa shape index (κ2) is 6.72. The van der Waals surface area contributed by atoms with Crippen molar-refractivity contribution in [1.82, 2.24) is 9.88 Å². The van der Waals surface area contributed by atoms with Crippen molar-refractivity contribution < 1.29 is 9.72 Å². The maximum Gasteiger partial charge on any atom is 0.311 e. The number of nitrogens with one attached hydrogen (secondary N) is 1. The molecule has 0 aliphatic carbocycles. The fraction of sp³-hybridized carbons (Fsp3) is 0.375. The second-order valence-electron chi connectivity index (χ2n) is 5.86. The van der Waals surface area contributed by atoms with Crippen molar-refractivity contribution in [3.8, 4) is 0 Å². The molecular weight excluding hydrogens is 376 g/mol. The number of hydrogen-bond acceptors (Lipinski definition) is 5. The molecular formula is C16H17BrN4O3. The summed E-state index contributed by atoms with van der Waals surface area (Å²) in [5.41, 5.74) is 1.16. The number of benzene rings is 1. The van der Waals surface area contributed by atoms with Crippen LogP contribution in [0.2, 0.25) is 0 Å². The second-order valence-corrected chi connectivity index (χ2v) is 6.78. The van der Waals surface area contributed by atoms with Crippen LogP contribution in [0, 0.1) is 10.1 Å². The lowest BCUT2D eigenvalue weighted by Gasteiger charge is -2.32. The third-order valence-electron chi connectivity index (χ3n) is 4.30. The van der Waals surface area contributed by atoms with Crippen molar-refractivity contribution in [3.05, 3.63) is 39.0 Å². The number of carbonyl (C=O) groups is 1. The van der Waals surface area contributed by atoms with Crippen LogP contribution in [0.15, 0.2) is 28.9 Å². The Kier molecular flexibility index (Phi) is 4.66. The molecule has 1 aliphatic heterocycles. The summed E-state index contributed by atoms with van der Waals surface area (Å²) in [5.74, 6) is 0.0673. The smallest absolute Gasteiger partial charge is 0.311 e. The number of fused-ring (bicyclic) bond motifs is 1. The number of nitrogens with zero attached hydrogens (tertiary/aromatic N) is 3. The molecule has 1 aliphatic rings. The maximum absolute atomic E-state index is 11.4. The zero-order chi connectivity index (χ0) is 17.3. The van der Waals surface area contributed by atoms with Gasteiger partial charge in [-0.25, -0.2) is 4.98 Å². The minimum absolute atomic E-state index is 0.0328. The van der Waals surface area contributed by atoms with Gasteiger partial charge in [-0.2, -0.15) is 0 Å². The Hall–Kier alpha value is -2.22. The van der Waals surface area contributed by atoms with E-state index in [0.29, 0.717) is 29.7 Å². The summed E-state index contributed by atoms with van der Waals surface area (Å²) in [6.45, 7) is 2.88. The van der Waals surface area contributed by atoms with E-state index in [9.17, 15) is 14.9 Å². The van der Waals surface area contributed by atoms with E-state index in [0.717, 1.165) is 17.3 Å². The van der Waals surface area contributed by atoms with Crippen molar-refractivity contribution in [2.75, 3.05) is 18.4 Å². The van der Waals surface area contributed by atoms with Crippen LogP contribution in [0.4, 0.5) is 11.4 Å². The van der Waals surface area contributed by atoms with Gasteiger partial charge in [0, 0.05) is 35.9 Å². The van der Waals surface area contributed by atoms with Gasteiger partial charge in [-0.15, -0.1) is 0 Å². The fourth-order valence-corrected chi connectivity index (χ4v) is 3.35. The lowest BCUT2D eigenvalue weighted by molar-refractivity contribution is -0.384. The molecule has 7 nitrogen and oxygen atoms in total. The molecule has 0 radical (unpaired) electrons. The molecule has 0 atom stereocenters. The summed E-state index contributed by atoms with van der Waals surface area (Å²) < 4.78 is 0.840. The highest BCUT2D eigenvalue weighted by molar-refractivity contribution is 9.10. The SMILES string of the molecule is CC(=O)N1CCC(Nc2c([N+](=O)[O-])cnc3ccc(Br)cc23)CC1. The van der Waals surface area contributed by atoms with Gasteiger partial charge in [0.2, 0.25) is 5.91 Å². The Morgan fingerprint density at radius 2 is 2.12 bits per heavy atom. The van der Waals surface area contributed by atoms with Crippen molar-refractivity contribution in [2.45, 2.75) is 25.8 Å². The molecule has 2 aromatic rings. The average molecular weight is 393 g/mol.